The standard InChI is InChI=1S/C26H12N2/c1-2-14-16-8-6-13-5-4-12-7-10-18-22-20(12)21(13)25(16)28-24(14)15(3-1)17-9-11-19(27-18)23(22)26(17)28/h1-11,27H. The Bertz CT molecular complexity index is 2010. The zero-order valence-electron chi connectivity index (χ0n) is 14.8. The molecule has 0 aliphatic heterocycles. The summed E-state index contributed by atoms with van der Waals surface area (Å²) in [5.41, 5.74) is 6.57. The van der Waals surface area contributed by atoms with E-state index < -0.39 is 0 Å². The molecule has 0 saturated carbocycles. The van der Waals surface area contributed by atoms with Crippen LogP contribution < -0.4 is 0 Å². The van der Waals surface area contributed by atoms with E-state index in [-0.39, 0.29) is 0 Å². The number of hydrogen-bond donors (Lipinski definition) is 1. The van der Waals surface area contributed by atoms with Gasteiger partial charge in [0.2, 0.25) is 0 Å². The molecule has 9 aromatic rings. The highest BCUT2D eigenvalue weighted by atomic mass is 14.9. The second kappa shape index (κ2) is 3.63. The monoisotopic (exact) mass is 352 g/mol. The van der Waals surface area contributed by atoms with Crippen molar-refractivity contribution in [3.05, 3.63) is 66.7 Å². The van der Waals surface area contributed by atoms with Gasteiger partial charge in [-0.2, -0.15) is 0 Å². The van der Waals surface area contributed by atoms with Gasteiger partial charge in [-0.05, 0) is 22.9 Å². The summed E-state index contributed by atoms with van der Waals surface area (Å²) in [6.45, 7) is 0. The third-order valence-corrected chi connectivity index (χ3v) is 7.12. The lowest BCUT2D eigenvalue weighted by Crippen LogP contribution is -1.83. The number of benzene rings is 5. The van der Waals surface area contributed by atoms with Crippen LogP contribution in [0.25, 0.3) is 81.4 Å². The van der Waals surface area contributed by atoms with Crippen LogP contribution in [0.1, 0.15) is 0 Å². The minimum absolute atomic E-state index is 1.23. The second-order valence-corrected chi connectivity index (χ2v) is 8.26. The van der Waals surface area contributed by atoms with Crippen LogP contribution in [-0.2, 0) is 0 Å². The van der Waals surface area contributed by atoms with Crippen molar-refractivity contribution in [2.24, 2.45) is 0 Å². The Labute approximate surface area is 157 Å². The third kappa shape index (κ3) is 1.04. The molecular weight excluding hydrogens is 340 g/mol. The first-order valence-electron chi connectivity index (χ1n) is 9.81. The van der Waals surface area contributed by atoms with Crippen LogP contribution in [0.15, 0.2) is 66.7 Å². The van der Waals surface area contributed by atoms with E-state index in [1.54, 1.807) is 0 Å². The number of rotatable bonds is 0. The molecule has 1 N–H and O–H groups in total. The Balaban J connectivity index is 1.95. The maximum atomic E-state index is 3.69. The molecule has 4 heterocycles. The van der Waals surface area contributed by atoms with Gasteiger partial charge in [0.15, 0.2) is 0 Å². The van der Waals surface area contributed by atoms with E-state index in [4.69, 9.17) is 0 Å². The van der Waals surface area contributed by atoms with Crippen molar-refractivity contribution in [1.82, 2.24) is 9.38 Å². The summed E-state index contributed by atoms with van der Waals surface area (Å²) in [6.07, 6.45) is 0. The highest BCUT2D eigenvalue weighted by Gasteiger charge is 2.25. The lowest BCUT2D eigenvalue weighted by atomic mass is 9.96. The first-order valence-corrected chi connectivity index (χ1v) is 9.81. The van der Waals surface area contributed by atoms with E-state index in [1.807, 2.05) is 0 Å². The van der Waals surface area contributed by atoms with Crippen LogP contribution in [0.5, 0.6) is 0 Å². The van der Waals surface area contributed by atoms with E-state index in [0.29, 0.717) is 0 Å². The fourth-order valence-electron chi connectivity index (χ4n) is 6.13. The Morgan fingerprint density at radius 3 is 1.89 bits per heavy atom. The van der Waals surface area contributed by atoms with Gasteiger partial charge < -0.3 is 9.38 Å². The average molecular weight is 352 g/mol. The van der Waals surface area contributed by atoms with Crippen LogP contribution >= 0.6 is 0 Å². The third-order valence-electron chi connectivity index (χ3n) is 7.12. The van der Waals surface area contributed by atoms with E-state index in [0.717, 1.165) is 0 Å². The lowest BCUT2D eigenvalue weighted by molar-refractivity contribution is 1.40. The summed E-state index contributed by atoms with van der Waals surface area (Å²) < 4.78 is 2.56. The maximum Gasteiger partial charge on any atom is 0.0642 e. The number of hydrogen-bond acceptors (Lipinski definition) is 0. The molecule has 0 spiro atoms. The van der Waals surface area contributed by atoms with Gasteiger partial charge in [0.25, 0.3) is 0 Å². The molecule has 0 unspecified atom stereocenters. The molecular formula is C26H12N2. The molecule has 0 amide bonds. The molecule has 0 atom stereocenters. The van der Waals surface area contributed by atoms with Gasteiger partial charge in [-0.1, -0.05) is 54.6 Å². The first-order chi connectivity index (χ1) is 13.9. The van der Waals surface area contributed by atoms with E-state index in [2.05, 4.69) is 76.1 Å². The molecule has 126 valence electrons. The topological polar surface area (TPSA) is 20.2 Å². The number of nitrogens with zero attached hydrogens (tertiary/aromatic N) is 1. The Morgan fingerprint density at radius 1 is 0.464 bits per heavy atom. The SMILES string of the molecule is c1cc2c3ccc4ccc5ccc6[nH]c7ccc8c(c1)c2n1c3c4c5c6c7c81. The van der Waals surface area contributed by atoms with E-state index >= 15 is 0 Å². The molecule has 2 nitrogen and oxygen atoms in total. The van der Waals surface area contributed by atoms with E-state index in [1.165, 1.54) is 81.4 Å². The van der Waals surface area contributed by atoms with Crippen LogP contribution in [0.2, 0.25) is 0 Å². The molecule has 28 heavy (non-hydrogen) atoms. The van der Waals surface area contributed by atoms with Crippen molar-refractivity contribution < 1.29 is 0 Å². The van der Waals surface area contributed by atoms with Crippen LogP contribution in [0, 0.1) is 0 Å². The minimum atomic E-state index is 1.23. The van der Waals surface area contributed by atoms with Crippen molar-refractivity contribution in [3.63, 3.8) is 0 Å². The smallest absolute Gasteiger partial charge is 0.0642 e. The fourth-order valence-corrected chi connectivity index (χ4v) is 6.13. The number of aromatic nitrogens is 2. The zero-order chi connectivity index (χ0) is 17.7. The molecule has 0 saturated heterocycles. The van der Waals surface area contributed by atoms with Crippen molar-refractivity contribution in [3.8, 4) is 0 Å². The van der Waals surface area contributed by atoms with Gasteiger partial charge in [0, 0.05) is 54.1 Å². The molecule has 2 heteroatoms. The molecule has 0 aliphatic rings. The average Bonchev–Trinajstić information content (AvgIpc) is 3.35. The summed E-state index contributed by atoms with van der Waals surface area (Å²) in [4.78, 5) is 3.69. The van der Waals surface area contributed by atoms with Gasteiger partial charge in [-0.25, -0.2) is 0 Å². The normalized spacial score (nSPS) is 13.7. The number of nitrogens with one attached hydrogen (secondary N) is 1. The molecule has 0 bridgehead atoms. The van der Waals surface area contributed by atoms with E-state index in [9.17, 15) is 0 Å². The van der Waals surface area contributed by atoms with Crippen LogP contribution in [0.3, 0.4) is 0 Å². The van der Waals surface area contributed by atoms with Gasteiger partial charge >= 0.3 is 0 Å². The van der Waals surface area contributed by atoms with Crippen molar-refractivity contribution in [2.75, 3.05) is 0 Å². The van der Waals surface area contributed by atoms with Crippen molar-refractivity contribution >= 4 is 81.4 Å². The summed E-state index contributed by atoms with van der Waals surface area (Å²) >= 11 is 0. The largest absolute Gasteiger partial charge is 0.354 e. The minimum Gasteiger partial charge on any atom is -0.354 e. The molecule has 5 aromatic carbocycles. The highest BCUT2D eigenvalue weighted by molar-refractivity contribution is 6.41. The lowest BCUT2D eigenvalue weighted by Gasteiger charge is -2.07. The predicted molar refractivity (Wildman–Crippen MR) is 119 cm³/mol. The molecule has 0 radical (unpaired) electrons. The molecule has 4 aromatic heterocycles. The highest BCUT2D eigenvalue weighted by Crippen LogP contribution is 2.49. The van der Waals surface area contributed by atoms with Crippen LogP contribution in [0.4, 0.5) is 0 Å². The Morgan fingerprint density at radius 2 is 1.04 bits per heavy atom. The van der Waals surface area contributed by atoms with Gasteiger partial charge in [-0.15, -0.1) is 0 Å². The van der Waals surface area contributed by atoms with Gasteiger partial charge in [0.1, 0.15) is 0 Å². The Kier molecular flexibility index (Phi) is 1.63. The van der Waals surface area contributed by atoms with Gasteiger partial charge in [-0.3, -0.25) is 0 Å². The number of fused-ring (bicyclic) bond motifs is 2. The number of para-hydroxylation sites is 1. The Hall–Kier alpha value is -3.78. The molecule has 9 rings (SSSR count). The number of H-pyrrole nitrogens is 1. The quantitative estimate of drug-likeness (QED) is 0.281. The van der Waals surface area contributed by atoms with Crippen LogP contribution in [-0.4, -0.2) is 9.38 Å². The second-order valence-electron chi connectivity index (χ2n) is 8.26. The zero-order valence-corrected chi connectivity index (χ0v) is 14.8. The fraction of sp³-hybridized carbons (Fsp3) is 0. The summed E-state index contributed by atoms with van der Waals surface area (Å²) in [6, 6.07) is 25.0. The summed E-state index contributed by atoms with van der Waals surface area (Å²) in [5.74, 6) is 0. The van der Waals surface area contributed by atoms with Crippen molar-refractivity contribution in [2.45, 2.75) is 0 Å². The predicted octanol–water partition coefficient (Wildman–Crippen LogP) is 7.09. The maximum absolute atomic E-state index is 3.69. The first kappa shape index (κ1) is 12.6. The molecule has 0 aliphatic carbocycles. The van der Waals surface area contributed by atoms with Gasteiger partial charge in [0.05, 0.1) is 16.6 Å². The molecule has 0 fully saturated rings. The number of aromatic amines is 1. The summed E-state index contributed by atoms with van der Waals surface area (Å²) in [7, 11) is 0. The summed E-state index contributed by atoms with van der Waals surface area (Å²) in [5, 5.41) is 13.6. The van der Waals surface area contributed by atoms with Crippen molar-refractivity contribution in [1.29, 1.82) is 0 Å².